The Morgan fingerprint density at radius 3 is 2.60 bits per heavy atom. The van der Waals surface area contributed by atoms with Gasteiger partial charge in [0, 0.05) is 18.3 Å². The maximum absolute atomic E-state index is 11.7. The molecule has 1 heterocycles. The molecule has 1 amide bonds. The molecule has 0 fully saturated rings. The van der Waals surface area contributed by atoms with E-state index in [2.05, 4.69) is 15.5 Å². The number of amides is 1. The van der Waals surface area contributed by atoms with Crippen LogP contribution in [0.25, 0.3) is 0 Å². The normalized spacial score (nSPS) is 10.3. The molecule has 2 aromatic rings. The van der Waals surface area contributed by atoms with Crippen molar-refractivity contribution in [3.8, 4) is 5.75 Å². The van der Waals surface area contributed by atoms with Crippen LogP contribution in [0, 0.1) is 20.8 Å². The minimum absolute atomic E-state index is 0.0165. The molecule has 0 aliphatic carbocycles. The Labute approximate surface area is 118 Å². The fourth-order valence-electron chi connectivity index (χ4n) is 2.16. The van der Waals surface area contributed by atoms with E-state index in [4.69, 9.17) is 4.74 Å². The molecule has 0 saturated carbocycles. The van der Waals surface area contributed by atoms with Gasteiger partial charge in [-0.2, -0.15) is 5.10 Å². The summed E-state index contributed by atoms with van der Waals surface area (Å²) in [6, 6.07) is 4.09. The number of carbonyl (C=O) groups is 1. The first kappa shape index (κ1) is 14.1. The number of hydrogen-bond acceptors (Lipinski definition) is 3. The molecule has 0 saturated heterocycles. The Bertz CT molecular complexity index is 568. The number of aromatic nitrogens is 2. The minimum atomic E-state index is -0.148. The van der Waals surface area contributed by atoms with Crippen molar-refractivity contribution in [2.75, 3.05) is 6.61 Å². The van der Waals surface area contributed by atoms with Gasteiger partial charge in [0.2, 0.25) is 0 Å². The lowest BCUT2D eigenvalue weighted by atomic mass is 10.1. The molecule has 0 atom stereocenters. The molecule has 0 spiro atoms. The lowest BCUT2D eigenvalue weighted by Gasteiger charge is -2.13. The van der Waals surface area contributed by atoms with E-state index in [-0.39, 0.29) is 12.5 Å². The number of rotatable bonds is 5. The summed E-state index contributed by atoms with van der Waals surface area (Å²) >= 11 is 0. The predicted octanol–water partition coefficient (Wildman–Crippen LogP) is 2.03. The van der Waals surface area contributed by atoms with Gasteiger partial charge in [-0.15, -0.1) is 0 Å². The molecule has 0 radical (unpaired) electrons. The topological polar surface area (TPSA) is 67.0 Å². The number of aryl methyl sites for hydroxylation is 3. The van der Waals surface area contributed by atoms with Gasteiger partial charge in [0.05, 0.1) is 6.20 Å². The zero-order valence-electron chi connectivity index (χ0n) is 12.0. The Balaban J connectivity index is 1.87. The summed E-state index contributed by atoms with van der Waals surface area (Å²) in [6.45, 7) is 6.48. The molecule has 5 heteroatoms. The molecule has 0 bridgehead atoms. The molecule has 106 valence electrons. The molecule has 2 N–H and O–H groups in total. The van der Waals surface area contributed by atoms with E-state index in [0.717, 1.165) is 22.4 Å². The number of hydrogen-bond donors (Lipinski definition) is 2. The van der Waals surface area contributed by atoms with Crippen molar-refractivity contribution < 1.29 is 9.53 Å². The molecular weight excluding hydrogens is 254 g/mol. The van der Waals surface area contributed by atoms with E-state index in [1.165, 1.54) is 5.56 Å². The van der Waals surface area contributed by atoms with Crippen molar-refractivity contribution in [2.45, 2.75) is 27.3 Å². The molecule has 2 rings (SSSR count). The van der Waals surface area contributed by atoms with E-state index in [9.17, 15) is 4.79 Å². The molecule has 0 aliphatic heterocycles. The first-order chi connectivity index (χ1) is 9.56. The molecular formula is C15H19N3O2. The summed E-state index contributed by atoms with van der Waals surface area (Å²) in [5, 5.41) is 9.30. The first-order valence-corrected chi connectivity index (χ1v) is 6.51. The average Bonchev–Trinajstić information content (AvgIpc) is 2.88. The SMILES string of the molecule is Cc1cc(C)c(OCC(=O)NCc2cn[nH]c2)c(C)c1. The van der Waals surface area contributed by atoms with Crippen molar-refractivity contribution >= 4 is 5.91 Å². The van der Waals surface area contributed by atoms with Crippen LogP contribution in [0.2, 0.25) is 0 Å². The van der Waals surface area contributed by atoms with Crippen molar-refractivity contribution in [3.63, 3.8) is 0 Å². The van der Waals surface area contributed by atoms with Crippen LogP contribution in [-0.4, -0.2) is 22.7 Å². The summed E-state index contributed by atoms with van der Waals surface area (Å²) in [7, 11) is 0. The summed E-state index contributed by atoms with van der Waals surface area (Å²) < 4.78 is 5.62. The maximum Gasteiger partial charge on any atom is 0.258 e. The quantitative estimate of drug-likeness (QED) is 0.876. The summed E-state index contributed by atoms with van der Waals surface area (Å²) in [6.07, 6.45) is 3.42. The number of carbonyl (C=O) groups excluding carboxylic acids is 1. The van der Waals surface area contributed by atoms with Crippen LogP contribution in [0.3, 0.4) is 0 Å². The second-order valence-electron chi connectivity index (χ2n) is 4.90. The average molecular weight is 273 g/mol. The number of nitrogens with one attached hydrogen (secondary N) is 2. The van der Waals surface area contributed by atoms with Crippen molar-refractivity contribution in [3.05, 3.63) is 46.8 Å². The van der Waals surface area contributed by atoms with Crippen LogP contribution in [0.5, 0.6) is 5.75 Å². The van der Waals surface area contributed by atoms with Crippen molar-refractivity contribution in [2.24, 2.45) is 0 Å². The summed E-state index contributed by atoms with van der Waals surface area (Å²) in [5.41, 5.74) is 4.22. The third-order valence-electron chi connectivity index (χ3n) is 3.00. The second-order valence-corrected chi connectivity index (χ2v) is 4.90. The van der Waals surface area contributed by atoms with Crippen LogP contribution in [0.4, 0.5) is 0 Å². The van der Waals surface area contributed by atoms with Gasteiger partial charge in [-0.25, -0.2) is 0 Å². The Morgan fingerprint density at radius 2 is 2.00 bits per heavy atom. The lowest BCUT2D eigenvalue weighted by molar-refractivity contribution is -0.123. The van der Waals surface area contributed by atoms with Gasteiger partial charge in [0.25, 0.3) is 5.91 Å². The largest absolute Gasteiger partial charge is 0.483 e. The van der Waals surface area contributed by atoms with Gasteiger partial charge >= 0.3 is 0 Å². The van der Waals surface area contributed by atoms with Gasteiger partial charge < -0.3 is 10.1 Å². The molecule has 1 aromatic heterocycles. The fraction of sp³-hybridized carbons (Fsp3) is 0.333. The Kier molecular flexibility index (Phi) is 4.40. The highest BCUT2D eigenvalue weighted by Gasteiger charge is 2.08. The van der Waals surface area contributed by atoms with Gasteiger partial charge in [-0.3, -0.25) is 9.89 Å². The van der Waals surface area contributed by atoms with Crippen molar-refractivity contribution in [1.29, 1.82) is 0 Å². The number of aromatic amines is 1. The zero-order valence-corrected chi connectivity index (χ0v) is 12.0. The standard InChI is InChI=1S/C15H19N3O2/c1-10-4-11(2)15(12(3)5-10)20-9-14(19)16-6-13-7-17-18-8-13/h4-5,7-8H,6,9H2,1-3H3,(H,16,19)(H,17,18). The van der Waals surface area contributed by atoms with E-state index >= 15 is 0 Å². The molecule has 5 nitrogen and oxygen atoms in total. The molecule has 20 heavy (non-hydrogen) atoms. The van der Waals surface area contributed by atoms with Crippen LogP contribution < -0.4 is 10.1 Å². The molecule has 0 unspecified atom stereocenters. The highest BCUT2D eigenvalue weighted by molar-refractivity contribution is 5.77. The predicted molar refractivity (Wildman–Crippen MR) is 76.6 cm³/mol. The van der Waals surface area contributed by atoms with Gasteiger partial charge in [0.1, 0.15) is 5.75 Å². The highest BCUT2D eigenvalue weighted by Crippen LogP contribution is 2.24. The van der Waals surface area contributed by atoms with Crippen molar-refractivity contribution in [1.82, 2.24) is 15.5 Å². The van der Waals surface area contributed by atoms with Gasteiger partial charge in [0.15, 0.2) is 6.61 Å². The second kappa shape index (κ2) is 6.23. The highest BCUT2D eigenvalue weighted by atomic mass is 16.5. The number of ether oxygens (including phenoxy) is 1. The lowest BCUT2D eigenvalue weighted by Crippen LogP contribution is -2.28. The summed E-state index contributed by atoms with van der Waals surface area (Å²) in [5.74, 6) is 0.639. The number of benzene rings is 1. The van der Waals surface area contributed by atoms with Crippen LogP contribution >= 0.6 is 0 Å². The molecule has 0 aliphatic rings. The van der Waals surface area contributed by atoms with E-state index in [1.807, 2.05) is 32.9 Å². The first-order valence-electron chi connectivity index (χ1n) is 6.51. The van der Waals surface area contributed by atoms with E-state index in [0.29, 0.717) is 6.54 Å². The van der Waals surface area contributed by atoms with E-state index in [1.54, 1.807) is 12.4 Å². The maximum atomic E-state index is 11.7. The smallest absolute Gasteiger partial charge is 0.258 e. The number of H-pyrrole nitrogens is 1. The fourth-order valence-corrected chi connectivity index (χ4v) is 2.16. The summed E-state index contributed by atoms with van der Waals surface area (Å²) in [4.78, 5) is 11.7. The Morgan fingerprint density at radius 1 is 1.30 bits per heavy atom. The van der Waals surface area contributed by atoms with Gasteiger partial charge in [-0.05, 0) is 31.9 Å². The zero-order chi connectivity index (χ0) is 14.5. The molecule has 1 aromatic carbocycles. The van der Waals surface area contributed by atoms with Crippen LogP contribution in [-0.2, 0) is 11.3 Å². The number of nitrogens with zero attached hydrogens (tertiary/aromatic N) is 1. The van der Waals surface area contributed by atoms with E-state index < -0.39 is 0 Å². The van der Waals surface area contributed by atoms with Gasteiger partial charge in [-0.1, -0.05) is 17.7 Å². The Hall–Kier alpha value is -2.30. The third kappa shape index (κ3) is 3.60. The third-order valence-corrected chi connectivity index (χ3v) is 3.00. The van der Waals surface area contributed by atoms with Crippen LogP contribution in [0.1, 0.15) is 22.3 Å². The monoisotopic (exact) mass is 273 g/mol. The minimum Gasteiger partial charge on any atom is -0.483 e. The van der Waals surface area contributed by atoms with Crippen LogP contribution in [0.15, 0.2) is 24.5 Å².